The average molecular weight is 185 g/mol. The molecule has 1 N–H and O–H groups in total. The quantitative estimate of drug-likeness (QED) is 0.674. The Kier molecular flexibility index (Phi) is 3.10. The first kappa shape index (κ1) is 9.06. The van der Waals surface area contributed by atoms with Crippen LogP contribution in [0.4, 0.5) is 10.1 Å². The summed E-state index contributed by atoms with van der Waals surface area (Å²) in [5, 5.41) is 2.37. The second-order valence-electron chi connectivity index (χ2n) is 2.19. The Morgan fingerprint density at radius 1 is 1.50 bits per heavy atom. The van der Waals surface area contributed by atoms with Gasteiger partial charge in [-0.25, -0.2) is 4.39 Å². The summed E-state index contributed by atoms with van der Waals surface area (Å²) in [4.78, 5) is 10.8. The molecule has 1 rings (SSSR count). The highest BCUT2D eigenvalue weighted by Gasteiger charge is 2.02. The van der Waals surface area contributed by atoms with E-state index in [0.717, 1.165) is 0 Å². The summed E-state index contributed by atoms with van der Waals surface area (Å²) >= 11 is 3.75. The van der Waals surface area contributed by atoms with Crippen LogP contribution in [0.1, 0.15) is 0 Å². The summed E-state index contributed by atoms with van der Waals surface area (Å²) in [7, 11) is 0. The van der Waals surface area contributed by atoms with Crippen LogP contribution in [-0.2, 0) is 4.79 Å². The van der Waals surface area contributed by atoms with Crippen LogP contribution in [0, 0.1) is 5.82 Å². The Hall–Kier alpha value is -1.03. The van der Waals surface area contributed by atoms with Crippen molar-refractivity contribution in [2.75, 3.05) is 11.1 Å². The van der Waals surface area contributed by atoms with Crippen LogP contribution in [-0.4, -0.2) is 11.7 Å². The van der Waals surface area contributed by atoms with Crippen LogP contribution in [0.2, 0.25) is 0 Å². The van der Waals surface area contributed by atoms with Crippen molar-refractivity contribution in [1.29, 1.82) is 0 Å². The first-order valence-corrected chi connectivity index (χ1v) is 4.02. The molecule has 1 aromatic carbocycles. The summed E-state index contributed by atoms with van der Waals surface area (Å²) in [6, 6.07) is 5.99. The van der Waals surface area contributed by atoms with Gasteiger partial charge in [0.1, 0.15) is 5.82 Å². The minimum absolute atomic E-state index is 0.0499. The van der Waals surface area contributed by atoms with Crippen LogP contribution in [0.3, 0.4) is 0 Å². The van der Waals surface area contributed by atoms with Gasteiger partial charge >= 0.3 is 0 Å². The average Bonchev–Trinajstić information content (AvgIpc) is 2.09. The zero-order valence-corrected chi connectivity index (χ0v) is 7.14. The number of carbonyl (C=O) groups excluding carboxylic acids is 1. The molecule has 0 fully saturated rings. The molecule has 0 spiro atoms. The number of carbonyl (C=O) groups is 1. The van der Waals surface area contributed by atoms with E-state index in [1.54, 1.807) is 12.1 Å². The fourth-order valence-corrected chi connectivity index (χ4v) is 0.831. The van der Waals surface area contributed by atoms with Crippen LogP contribution in [0.15, 0.2) is 24.3 Å². The number of benzene rings is 1. The molecule has 12 heavy (non-hydrogen) atoms. The first-order chi connectivity index (χ1) is 5.74. The van der Waals surface area contributed by atoms with E-state index in [0.29, 0.717) is 0 Å². The van der Waals surface area contributed by atoms with E-state index in [1.807, 2.05) is 0 Å². The van der Waals surface area contributed by atoms with Gasteiger partial charge in [0.25, 0.3) is 0 Å². The van der Waals surface area contributed by atoms with E-state index < -0.39 is 5.82 Å². The van der Waals surface area contributed by atoms with Gasteiger partial charge in [-0.1, -0.05) is 12.1 Å². The van der Waals surface area contributed by atoms with Gasteiger partial charge in [0.05, 0.1) is 11.4 Å². The van der Waals surface area contributed by atoms with Gasteiger partial charge in [-0.3, -0.25) is 4.79 Å². The molecule has 0 aliphatic rings. The van der Waals surface area contributed by atoms with E-state index in [2.05, 4.69) is 17.9 Å². The maximum Gasteiger partial charge on any atom is 0.234 e. The number of thiol groups is 1. The van der Waals surface area contributed by atoms with Crippen molar-refractivity contribution in [2.45, 2.75) is 0 Å². The highest BCUT2D eigenvalue weighted by atomic mass is 32.1. The van der Waals surface area contributed by atoms with Crippen molar-refractivity contribution in [3.63, 3.8) is 0 Å². The topological polar surface area (TPSA) is 29.1 Å². The van der Waals surface area contributed by atoms with E-state index in [-0.39, 0.29) is 17.3 Å². The Bertz CT molecular complexity index is 290. The molecule has 2 nitrogen and oxygen atoms in total. The zero-order valence-electron chi connectivity index (χ0n) is 6.25. The number of halogens is 1. The minimum Gasteiger partial charge on any atom is -0.323 e. The molecule has 1 aromatic rings. The molecule has 0 heterocycles. The maximum atomic E-state index is 12.8. The molecule has 0 saturated carbocycles. The van der Waals surface area contributed by atoms with Crippen molar-refractivity contribution in [2.24, 2.45) is 0 Å². The number of rotatable bonds is 2. The summed E-state index contributed by atoms with van der Waals surface area (Å²) < 4.78 is 12.8. The number of hydrogen-bond acceptors (Lipinski definition) is 2. The molecule has 0 unspecified atom stereocenters. The smallest absolute Gasteiger partial charge is 0.234 e. The Morgan fingerprint density at radius 3 is 2.75 bits per heavy atom. The number of hydrogen-bond donors (Lipinski definition) is 2. The summed E-state index contributed by atoms with van der Waals surface area (Å²) in [6.07, 6.45) is 0. The lowest BCUT2D eigenvalue weighted by atomic mass is 10.3. The number of anilines is 1. The molecular weight excluding hydrogens is 177 g/mol. The Morgan fingerprint density at radius 2 is 2.17 bits per heavy atom. The lowest BCUT2D eigenvalue weighted by Gasteiger charge is -2.02. The molecule has 0 aliphatic carbocycles. The van der Waals surface area contributed by atoms with Crippen molar-refractivity contribution in [3.05, 3.63) is 30.1 Å². The molecule has 0 atom stereocenters. The van der Waals surface area contributed by atoms with E-state index in [9.17, 15) is 9.18 Å². The minimum atomic E-state index is -0.437. The van der Waals surface area contributed by atoms with Crippen LogP contribution < -0.4 is 5.32 Å². The van der Waals surface area contributed by atoms with E-state index in [4.69, 9.17) is 0 Å². The van der Waals surface area contributed by atoms with Crippen molar-refractivity contribution in [1.82, 2.24) is 0 Å². The monoisotopic (exact) mass is 185 g/mol. The molecule has 0 radical (unpaired) electrons. The van der Waals surface area contributed by atoms with Gasteiger partial charge in [-0.15, -0.1) is 0 Å². The third-order valence-corrected chi connectivity index (χ3v) is 1.58. The Balaban J connectivity index is 2.75. The second-order valence-corrected chi connectivity index (χ2v) is 2.50. The van der Waals surface area contributed by atoms with E-state index in [1.165, 1.54) is 12.1 Å². The summed E-state index contributed by atoms with van der Waals surface area (Å²) in [5.41, 5.74) is 0.191. The number of para-hydroxylation sites is 1. The van der Waals surface area contributed by atoms with Crippen molar-refractivity contribution in [3.8, 4) is 0 Å². The van der Waals surface area contributed by atoms with Crippen molar-refractivity contribution >= 4 is 24.2 Å². The third kappa shape index (κ3) is 2.23. The predicted octanol–water partition coefficient (Wildman–Crippen LogP) is 1.69. The largest absolute Gasteiger partial charge is 0.323 e. The SMILES string of the molecule is O=C(CS)Nc1ccccc1F. The zero-order chi connectivity index (χ0) is 8.97. The highest BCUT2D eigenvalue weighted by Crippen LogP contribution is 2.11. The van der Waals surface area contributed by atoms with Gasteiger partial charge in [0.2, 0.25) is 5.91 Å². The molecule has 64 valence electrons. The number of nitrogens with one attached hydrogen (secondary N) is 1. The lowest BCUT2D eigenvalue weighted by Crippen LogP contribution is -2.13. The van der Waals surface area contributed by atoms with Crippen LogP contribution in [0.5, 0.6) is 0 Å². The van der Waals surface area contributed by atoms with Crippen molar-refractivity contribution < 1.29 is 9.18 Å². The molecule has 0 saturated heterocycles. The number of amides is 1. The molecule has 0 aliphatic heterocycles. The fraction of sp³-hybridized carbons (Fsp3) is 0.125. The fourth-order valence-electron chi connectivity index (χ4n) is 0.752. The van der Waals surface area contributed by atoms with Crippen LogP contribution in [0.25, 0.3) is 0 Å². The standard InChI is InChI=1S/C8H8FNOS/c9-6-3-1-2-4-7(6)10-8(11)5-12/h1-4,12H,5H2,(H,10,11). The van der Waals surface area contributed by atoms with Gasteiger partial charge in [0.15, 0.2) is 0 Å². The van der Waals surface area contributed by atoms with Gasteiger partial charge < -0.3 is 5.32 Å². The third-order valence-electron chi connectivity index (χ3n) is 1.29. The molecule has 0 bridgehead atoms. The van der Waals surface area contributed by atoms with Crippen LogP contribution >= 0.6 is 12.6 Å². The van der Waals surface area contributed by atoms with E-state index >= 15 is 0 Å². The van der Waals surface area contributed by atoms with Gasteiger partial charge in [-0.2, -0.15) is 12.6 Å². The lowest BCUT2D eigenvalue weighted by molar-refractivity contribution is -0.113. The summed E-state index contributed by atoms with van der Waals surface area (Å²) in [6.45, 7) is 0. The second kappa shape index (κ2) is 4.11. The first-order valence-electron chi connectivity index (χ1n) is 3.39. The molecule has 1 amide bonds. The maximum absolute atomic E-state index is 12.8. The normalized spacial score (nSPS) is 9.50. The Labute approximate surface area is 75.2 Å². The predicted molar refractivity (Wildman–Crippen MR) is 48.9 cm³/mol. The molecular formula is C8H8FNOS. The van der Waals surface area contributed by atoms with Gasteiger partial charge in [0, 0.05) is 0 Å². The highest BCUT2D eigenvalue weighted by molar-refractivity contribution is 7.81. The summed E-state index contributed by atoms with van der Waals surface area (Å²) in [5.74, 6) is -0.704. The molecule has 0 aromatic heterocycles. The van der Waals surface area contributed by atoms with Gasteiger partial charge in [-0.05, 0) is 12.1 Å². The molecule has 4 heteroatoms.